The fourth-order valence-corrected chi connectivity index (χ4v) is 0.654. The van der Waals surface area contributed by atoms with Crippen molar-refractivity contribution in [3.05, 3.63) is 17.5 Å². The number of aryl methyl sites for hydroxylation is 1. The third-order valence-corrected chi connectivity index (χ3v) is 1.17. The lowest BCUT2D eigenvalue weighted by Crippen LogP contribution is -1.73. The summed E-state index contributed by atoms with van der Waals surface area (Å²) < 4.78 is 0. The fraction of sp³-hybridized carbons (Fsp3) is 0.167. The van der Waals surface area contributed by atoms with Gasteiger partial charge in [-0.25, -0.2) is 0 Å². The molecule has 3 heteroatoms. The summed E-state index contributed by atoms with van der Waals surface area (Å²) in [4.78, 5) is 2.72. The van der Waals surface area contributed by atoms with Gasteiger partial charge < -0.3 is 10.1 Å². The van der Waals surface area contributed by atoms with Crippen LogP contribution >= 0.6 is 0 Å². The summed E-state index contributed by atoms with van der Waals surface area (Å²) in [7, 11) is 0. The monoisotopic (exact) mass is 122 g/mol. The van der Waals surface area contributed by atoms with Crippen molar-refractivity contribution in [3.8, 4) is 11.8 Å². The predicted octanol–water partition coefficient (Wildman–Crippen LogP) is 0.900. The maximum absolute atomic E-state index is 8.88. The highest BCUT2D eigenvalue weighted by Gasteiger charge is 2.03. The third kappa shape index (κ3) is 0.745. The second-order valence-corrected chi connectivity index (χ2v) is 1.79. The zero-order valence-electron chi connectivity index (χ0n) is 4.97. The summed E-state index contributed by atoms with van der Waals surface area (Å²) >= 11 is 0. The van der Waals surface area contributed by atoms with E-state index in [0.29, 0.717) is 11.3 Å². The molecule has 1 aromatic heterocycles. The highest BCUT2D eigenvalue weighted by molar-refractivity contribution is 5.44. The lowest BCUT2D eigenvalue weighted by atomic mass is 10.3. The molecule has 0 aliphatic heterocycles. The van der Waals surface area contributed by atoms with Gasteiger partial charge in [0, 0.05) is 11.9 Å². The number of nitrogens with zero attached hydrogens (tertiary/aromatic N) is 1. The molecule has 3 nitrogen and oxygen atoms in total. The summed E-state index contributed by atoms with van der Waals surface area (Å²) in [6.07, 6.45) is 1.40. The van der Waals surface area contributed by atoms with E-state index in [2.05, 4.69) is 4.98 Å². The van der Waals surface area contributed by atoms with Crippen LogP contribution in [-0.4, -0.2) is 10.1 Å². The van der Waals surface area contributed by atoms with Gasteiger partial charge in [0.2, 0.25) is 0 Å². The van der Waals surface area contributed by atoms with E-state index < -0.39 is 0 Å². The van der Waals surface area contributed by atoms with E-state index >= 15 is 0 Å². The normalized spacial score (nSPS) is 8.89. The van der Waals surface area contributed by atoms with Crippen molar-refractivity contribution < 1.29 is 5.11 Å². The second-order valence-electron chi connectivity index (χ2n) is 1.79. The third-order valence-electron chi connectivity index (χ3n) is 1.17. The van der Waals surface area contributed by atoms with Gasteiger partial charge in [-0.2, -0.15) is 5.26 Å². The zero-order valence-corrected chi connectivity index (χ0v) is 4.97. The Labute approximate surface area is 52.6 Å². The molecule has 46 valence electrons. The molecular weight excluding hydrogens is 116 g/mol. The Morgan fingerprint density at radius 3 is 2.67 bits per heavy atom. The smallest absolute Gasteiger partial charge is 0.151 e. The van der Waals surface area contributed by atoms with E-state index in [1.54, 1.807) is 6.92 Å². The Bertz CT molecular complexity index is 237. The van der Waals surface area contributed by atoms with Crippen LogP contribution in [0, 0.1) is 18.3 Å². The maximum Gasteiger partial charge on any atom is 0.151 e. The molecule has 0 bridgehead atoms. The number of aromatic amines is 1. The molecule has 0 saturated carbocycles. The largest absolute Gasteiger partial charge is 0.505 e. The molecule has 0 spiro atoms. The topological polar surface area (TPSA) is 59.8 Å². The van der Waals surface area contributed by atoms with Gasteiger partial charge in [0.15, 0.2) is 5.75 Å². The molecule has 1 rings (SSSR count). The van der Waals surface area contributed by atoms with E-state index in [4.69, 9.17) is 10.4 Å². The molecule has 2 N–H and O–H groups in total. The number of aromatic nitrogens is 1. The number of aromatic hydroxyl groups is 1. The highest BCUT2D eigenvalue weighted by Crippen LogP contribution is 2.17. The van der Waals surface area contributed by atoms with Crippen LogP contribution < -0.4 is 0 Å². The van der Waals surface area contributed by atoms with Gasteiger partial charge in [0.25, 0.3) is 0 Å². The quantitative estimate of drug-likeness (QED) is 0.537. The minimum Gasteiger partial charge on any atom is -0.505 e. The summed E-state index contributed by atoms with van der Waals surface area (Å²) in [5, 5.41) is 17.2. The summed E-state index contributed by atoms with van der Waals surface area (Å²) in [6, 6.07) is 1.86. The van der Waals surface area contributed by atoms with E-state index in [1.165, 1.54) is 6.20 Å². The molecule has 0 aromatic carbocycles. The van der Waals surface area contributed by atoms with E-state index in [9.17, 15) is 0 Å². The van der Waals surface area contributed by atoms with Crippen LogP contribution in [-0.2, 0) is 0 Å². The van der Waals surface area contributed by atoms with Gasteiger partial charge in [-0.1, -0.05) is 0 Å². The number of rotatable bonds is 0. The molecule has 0 radical (unpaired) electrons. The van der Waals surface area contributed by atoms with Crippen molar-refractivity contribution in [1.82, 2.24) is 4.98 Å². The standard InChI is InChI=1S/C6H6N2O/c1-4-5(2-7)6(9)3-8-4/h3,8-9H,1H3. The summed E-state index contributed by atoms with van der Waals surface area (Å²) in [5.41, 5.74) is 1.03. The Kier molecular flexibility index (Phi) is 1.16. The van der Waals surface area contributed by atoms with Gasteiger partial charge in [-0.3, -0.25) is 0 Å². The number of hydrogen-bond acceptors (Lipinski definition) is 2. The molecule has 0 saturated heterocycles. The second kappa shape index (κ2) is 1.82. The first kappa shape index (κ1) is 5.70. The Morgan fingerprint density at radius 1 is 1.78 bits per heavy atom. The van der Waals surface area contributed by atoms with Gasteiger partial charge >= 0.3 is 0 Å². The molecule has 9 heavy (non-hydrogen) atoms. The lowest BCUT2D eigenvalue weighted by Gasteiger charge is -1.82. The average molecular weight is 122 g/mol. The molecule has 0 atom stereocenters. The first-order valence-corrected chi connectivity index (χ1v) is 2.52. The van der Waals surface area contributed by atoms with Gasteiger partial charge in [0.1, 0.15) is 11.6 Å². The lowest BCUT2D eigenvalue weighted by molar-refractivity contribution is 0.474. The van der Waals surface area contributed by atoms with Crippen LogP contribution in [0.1, 0.15) is 11.3 Å². The molecule has 1 aromatic rings. The van der Waals surface area contributed by atoms with Crippen molar-refractivity contribution in [3.63, 3.8) is 0 Å². The molecule has 1 heterocycles. The minimum atomic E-state index is 0.0231. The number of nitrogens with one attached hydrogen (secondary N) is 1. The van der Waals surface area contributed by atoms with E-state index in [1.807, 2.05) is 6.07 Å². The Balaban J connectivity index is 3.27. The SMILES string of the molecule is Cc1[nH]cc(O)c1C#N. The van der Waals surface area contributed by atoms with Crippen LogP contribution in [0.15, 0.2) is 6.20 Å². The van der Waals surface area contributed by atoms with Gasteiger partial charge in [-0.15, -0.1) is 0 Å². The molecular formula is C6H6N2O. The molecule has 0 fully saturated rings. The summed E-state index contributed by atoms with van der Waals surface area (Å²) in [6.45, 7) is 1.73. The van der Waals surface area contributed by atoms with Crippen molar-refractivity contribution in [1.29, 1.82) is 5.26 Å². The molecule has 0 aliphatic rings. The highest BCUT2D eigenvalue weighted by atomic mass is 16.3. The van der Waals surface area contributed by atoms with E-state index in [0.717, 1.165) is 0 Å². The molecule has 0 aliphatic carbocycles. The van der Waals surface area contributed by atoms with Crippen molar-refractivity contribution in [2.75, 3.05) is 0 Å². The van der Waals surface area contributed by atoms with Crippen LogP contribution in [0.4, 0.5) is 0 Å². The number of hydrogen-bond donors (Lipinski definition) is 2. The Hall–Kier alpha value is -1.43. The number of nitriles is 1. The van der Waals surface area contributed by atoms with Crippen LogP contribution in [0.2, 0.25) is 0 Å². The average Bonchev–Trinajstić information content (AvgIpc) is 2.12. The van der Waals surface area contributed by atoms with Crippen molar-refractivity contribution in [2.45, 2.75) is 6.92 Å². The Morgan fingerprint density at radius 2 is 2.44 bits per heavy atom. The van der Waals surface area contributed by atoms with E-state index in [-0.39, 0.29) is 5.75 Å². The first-order chi connectivity index (χ1) is 4.25. The first-order valence-electron chi connectivity index (χ1n) is 2.52. The fourth-order valence-electron chi connectivity index (χ4n) is 0.654. The molecule has 0 amide bonds. The molecule has 0 unspecified atom stereocenters. The summed E-state index contributed by atoms with van der Waals surface area (Å²) in [5.74, 6) is 0.0231. The predicted molar refractivity (Wildman–Crippen MR) is 31.9 cm³/mol. The van der Waals surface area contributed by atoms with Crippen LogP contribution in [0.5, 0.6) is 5.75 Å². The van der Waals surface area contributed by atoms with Crippen LogP contribution in [0.25, 0.3) is 0 Å². The maximum atomic E-state index is 8.88. The number of H-pyrrole nitrogens is 1. The van der Waals surface area contributed by atoms with Gasteiger partial charge in [-0.05, 0) is 6.92 Å². The van der Waals surface area contributed by atoms with Crippen molar-refractivity contribution >= 4 is 0 Å². The van der Waals surface area contributed by atoms with Gasteiger partial charge in [0.05, 0.1) is 0 Å². The minimum absolute atomic E-state index is 0.0231. The van der Waals surface area contributed by atoms with Crippen LogP contribution in [0.3, 0.4) is 0 Å². The van der Waals surface area contributed by atoms with Crippen molar-refractivity contribution in [2.24, 2.45) is 0 Å². The zero-order chi connectivity index (χ0) is 6.85.